The number of nitrogens with one attached hydrogen (secondary N) is 1. The first-order valence-corrected chi connectivity index (χ1v) is 7.46. The molecule has 0 bridgehead atoms. The van der Waals surface area contributed by atoms with Crippen molar-refractivity contribution in [1.29, 1.82) is 0 Å². The third-order valence-corrected chi connectivity index (χ3v) is 3.34. The van der Waals surface area contributed by atoms with Crippen molar-refractivity contribution in [3.8, 4) is 11.5 Å². The summed E-state index contributed by atoms with van der Waals surface area (Å²) < 4.78 is 6.98. The first-order valence-electron chi connectivity index (χ1n) is 6.67. The number of halogens is 1. The number of ether oxygens (including phenoxy) is 1. The fourth-order valence-electron chi connectivity index (χ4n) is 1.78. The Balaban J connectivity index is 2.11. The number of hydrogen-bond donors (Lipinski definition) is 1. The van der Waals surface area contributed by atoms with Gasteiger partial charge in [0.15, 0.2) is 0 Å². The molecule has 0 atom stereocenters. The average molecular weight is 335 g/mol. The summed E-state index contributed by atoms with van der Waals surface area (Å²) in [6.07, 6.45) is 1.78. The van der Waals surface area contributed by atoms with Gasteiger partial charge in [0.05, 0.1) is 5.69 Å². The third kappa shape index (κ3) is 4.32. The number of aromatic nitrogens is 1. The molecule has 106 valence electrons. The second-order valence-corrected chi connectivity index (χ2v) is 5.95. The Morgan fingerprint density at radius 2 is 2.05 bits per heavy atom. The molecule has 1 heterocycles. The maximum Gasteiger partial charge on any atom is 0.130 e. The Kier molecular flexibility index (Phi) is 5.15. The molecule has 0 aliphatic carbocycles. The van der Waals surface area contributed by atoms with Gasteiger partial charge in [0.1, 0.15) is 11.5 Å². The van der Waals surface area contributed by atoms with Crippen molar-refractivity contribution < 1.29 is 4.74 Å². The van der Waals surface area contributed by atoms with Crippen LogP contribution in [0.3, 0.4) is 0 Å². The lowest BCUT2D eigenvalue weighted by atomic mass is 10.2. The van der Waals surface area contributed by atoms with E-state index in [1.165, 1.54) is 0 Å². The van der Waals surface area contributed by atoms with Crippen LogP contribution >= 0.6 is 15.9 Å². The first kappa shape index (κ1) is 15.0. The van der Waals surface area contributed by atoms with E-state index in [4.69, 9.17) is 4.74 Å². The van der Waals surface area contributed by atoms with E-state index >= 15 is 0 Å². The van der Waals surface area contributed by atoms with Crippen LogP contribution in [0, 0.1) is 6.92 Å². The van der Waals surface area contributed by atoms with Crippen LogP contribution in [0.2, 0.25) is 0 Å². The van der Waals surface area contributed by atoms with Crippen LogP contribution in [0.25, 0.3) is 0 Å². The molecular weight excluding hydrogens is 316 g/mol. The summed E-state index contributed by atoms with van der Waals surface area (Å²) in [5.41, 5.74) is 2.07. The van der Waals surface area contributed by atoms with Gasteiger partial charge in [-0.25, -0.2) is 0 Å². The maximum absolute atomic E-state index is 5.92. The first-order chi connectivity index (χ1) is 9.54. The monoisotopic (exact) mass is 334 g/mol. The Labute approximate surface area is 128 Å². The molecule has 0 radical (unpaired) electrons. The second kappa shape index (κ2) is 6.86. The SMILES string of the molecule is Cc1cc(Br)ccc1Oc1ccnc(CNC(C)C)c1. The van der Waals surface area contributed by atoms with Crippen LogP contribution in [-0.2, 0) is 6.54 Å². The topological polar surface area (TPSA) is 34.1 Å². The molecule has 0 unspecified atom stereocenters. The average Bonchev–Trinajstić information content (AvgIpc) is 2.40. The number of nitrogens with zero attached hydrogens (tertiary/aromatic N) is 1. The van der Waals surface area contributed by atoms with Gasteiger partial charge in [-0.3, -0.25) is 4.98 Å². The predicted molar refractivity (Wildman–Crippen MR) is 85.2 cm³/mol. The van der Waals surface area contributed by atoms with Crippen molar-refractivity contribution in [3.63, 3.8) is 0 Å². The molecule has 1 N–H and O–H groups in total. The molecule has 4 heteroatoms. The van der Waals surface area contributed by atoms with E-state index in [-0.39, 0.29) is 0 Å². The molecule has 2 aromatic rings. The molecular formula is C16H19BrN2O. The van der Waals surface area contributed by atoms with E-state index in [1.807, 2.05) is 37.3 Å². The van der Waals surface area contributed by atoms with E-state index in [1.54, 1.807) is 6.20 Å². The molecule has 2 rings (SSSR count). The maximum atomic E-state index is 5.92. The van der Waals surface area contributed by atoms with Crippen molar-refractivity contribution in [1.82, 2.24) is 10.3 Å². The lowest BCUT2D eigenvalue weighted by Crippen LogP contribution is -2.22. The zero-order valence-corrected chi connectivity index (χ0v) is 13.6. The fourth-order valence-corrected chi connectivity index (χ4v) is 2.25. The highest BCUT2D eigenvalue weighted by atomic mass is 79.9. The van der Waals surface area contributed by atoms with Gasteiger partial charge in [0, 0.05) is 29.3 Å². The minimum Gasteiger partial charge on any atom is -0.457 e. The van der Waals surface area contributed by atoms with E-state index in [2.05, 4.69) is 40.1 Å². The summed E-state index contributed by atoms with van der Waals surface area (Å²) in [6.45, 7) is 7.01. The van der Waals surface area contributed by atoms with Crippen LogP contribution in [-0.4, -0.2) is 11.0 Å². The number of aryl methyl sites for hydroxylation is 1. The lowest BCUT2D eigenvalue weighted by molar-refractivity contribution is 0.475. The number of hydrogen-bond acceptors (Lipinski definition) is 3. The molecule has 1 aromatic carbocycles. The summed E-state index contributed by atoms with van der Waals surface area (Å²) in [5, 5.41) is 3.35. The van der Waals surface area contributed by atoms with E-state index in [0.29, 0.717) is 6.04 Å². The van der Waals surface area contributed by atoms with Crippen LogP contribution in [0.5, 0.6) is 11.5 Å². The summed E-state index contributed by atoms with van der Waals surface area (Å²) in [6, 6.07) is 10.3. The zero-order chi connectivity index (χ0) is 14.5. The Bertz CT molecular complexity index is 584. The molecule has 3 nitrogen and oxygen atoms in total. The van der Waals surface area contributed by atoms with Crippen LogP contribution in [0.15, 0.2) is 41.0 Å². The number of benzene rings is 1. The standard InChI is InChI=1S/C16H19BrN2O/c1-11(2)19-10-14-9-15(6-7-18-14)20-16-5-4-13(17)8-12(16)3/h4-9,11,19H,10H2,1-3H3. The Hall–Kier alpha value is -1.39. The van der Waals surface area contributed by atoms with E-state index < -0.39 is 0 Å². The molecule has 0 spiro atoms. The normalized spacial score (nSPS) is 10.8. The molecule has 0 aliphatic heterocycles. The zero-order valence-electron chi connectivity index (χ0n) is 12.0. The quantitative estimate of drug-likeness (QED) is 0.877. The summed E-state index contributed by atoms with van der Waals surface area (Å²) in [7, 11) is 0. The summed E-state index contributed by atoms with van der Waals surface area (Å²) >= 11 is 3.45. The van der Waals surface area contributed by atoms with Gasteiger partial charge in [-0.2, -0.15) is 0 Å². The molecule has 1 aromatic heterocycles. The van der Waals surface area contributed by atoms with Crippen LogP contribution in [0.1, 0.15) is 25.1 Å². The van der Waals surface area contributed by atoms with Crippen LogP contribution in [0.4, 0.5) is 0 Å². The van der Waals surface area contributed by atoms with Gasteiger partial charge in [0.25, 0.3) is 0 Å². The molecule has 20 heavy (non-hydrogen) atoms. The number of rotatable bonds is 5. The van der Waals surface area contributed by atoms with Gasteiger partial charge >= 0.3 is 0 Å². The second-order valence-electron chi connectivity index (χ2n) is 5.03. The van der Waals surface area contributed by atoms with Gasteiger partial charge in [-0.1, -0.05) is 29.8 Å². The van der Waals surface area contributed by atoms with E-state index in [9.17, 15) is 0 Å². The van der Waals surface area contributed by atoms with Crippen molar-refractivity contribution >= 4 is 15.9 Å². The smallest absolute Gasteiger partial charge is 0.130 e. The largest absolute Gasteiger partial charge is 0.457 e. The Morgan fingerprint density at radius 1 is 1.25 bits per heavy atom. The van der Waals surface area contributed by atoms with Gasteiger partial charge in [-0.15, -0.1) is 0 Å². The van der Waals surface area contributed by atoms with E-state index in [0.717, 1.165) is 33.8 Å². The molecule has 0 amide bonds. The third-order valence-electron chi connectivity index (χ3n) is 2.84. The molecule has 0 aliphatic rings. The lowest BCUT2D eigenvalue weighted by Gasteiger charge is -2.11. The van der Waals surface area contributed by atoms with Crippen LogP contribution < -0.4 is 10.1 Å². The predicted octanol–water partition coefficient (Wildman–Crippen LogP) is 4.44. The highest BCUT2D eigenvalue weighted by molar-refractivity contribution is 9.10. The summed E-state index contributed by atoms with van der Waals surface area (Å²) in [4.78, 5) is 4.34. The minimum atomic E-state index is 0.440. The van der Waals surface area contributed by atoms with Crippen molar-refractivity contribution in [2.75, 3.05) is 0 Å². The highest BCUT2D eigenvalue weighted by Crippen LogP contribution is 2.27. The van der Waals surface area contributed by atoms with Gasteiger partial charge in [0.2, 0.25) is 0 Å². The number of pyridine rings is 1. The van der Waals surface area contributed by atoms with Crippen molar-refractivity contribution in [2.24, 2.45) is 0 Å². The highest BCUT2D eigenvalue weighted by Gasteiger charge is 2.04. The fraction of sp³-hybridized carbons (Fsp3) is 0.312. The summed E-state index contributed by atoms with van der Waals surface area (Å²) in [5.74, 6) is 1.67. The van der Waals surface area contributed by atoms with Gasteiger partial charge in [-0.05, 0) is 36.8 Å². The molecule has 0 saturated carbocycles. The van der Waals surface area contributed by atoms with Crippen molar-refractivity contribution in [3.05, 3.63) is 52.3 Å². The minimum absolute atomic E-state index is 0.440. The van der Waals surface area contributed by atoms with Crippen molar-refractivity contribution in [2.45, 2.75) is 33.4 Å². The molecule has 0 fully saturated rings. The Morgan fingerprint density at radius 3 is 2.75 bits per heavy atom. The molecule has 0 saturated heterocycles. The van der Waals surface area contributed by atoms with Gasteiger partial charge < -0.3 is 10.1 Å².